The Morgan fingerprint density at radius 2 is 2.30 bits per heavy atom. The third-order valence-corrected chi connectivity index (χ3v) is 3.62. The first-order valence-electron chi connectivity index (χ1n) is 6.78. The largest absolute Gasteiger partial charge is 0.485 e. The van der Waals surface area contributed by atoms with Crippen LogP contribution in [0, 0.1) is 6.92 Å². The predicted molar refractivity (Wildman–Crippen MR) is 76.9 cm³/mol. The third kappa shape index (κ3) is 3.32. The van der Waals surface area contributed by atoms with Crippen molar-refractivity contribution in [3.63, 3.8) is 0 Å². The molecule has 0 atom stereocenters. The second-order valence-corrected chi connectivity index (χ2v) is 5.50. The molecule has 4 nitrogen and oxygen atoms in total. The Bertz CT molecular complexity index is 593. The molecule has 0 bridgehead atoms. The summed E-state index contributed by atoms with van der Waals surface area (Å²) in [4.78, 5) is 0. The maximum Gasteiger partial charge on any atom is 0.174 e. The topological polar surface area (TPSA) is 47.3 Å². The minimum Gasteiger partial charge on any atom is -0.485 e. The number of ether oxygens (including phenoxy) is 1. The van der Waals surface area contributed by atoms with E-state index in [4.69, 9.17) is 20.9 Å². The smallest absolute Gasteiger partial charge is 0.174 e. The molecule has 2 aromatic rings. The molecule has 5 heteroatoms. The van der Waals surface area contributed by atoms with Crippen molar-refractivity contribution in [1.29, 1.82) is 0 Å². The molecule has 1 heterocycles. The summed E-state index contributed by atoms with van der Waals surface area (Å²) in [5, 5.41) is 8.03. The summed E-state index contributed by atoms with van der Waals surface area (Å²) < 4.78 is 11.0. The summed E-state index contributed by atoms with van der Waals surface area (Å²) in [6.07, 6.45) is 2.50. The molecule has 1 saturated carbocycles. The number of halogens is 1. The zero-order chi connectivity index (χ0) is 13.9. The van der Waals surface area contributed by atoms with Crippen molar-refractivity contribution in [2.45, 2.75) is 39.0 Å². The Labute approximate surface area is 123 Å². The van der Waals surface area contributed by atoms with Crippen molar-refractivity contribution in [2.24, 2.45) is 0 Å². The molecular weight excluding hydrogens is 276 g/mol. The van der Waals surface area contributed by atoms with Gasteiger partial charge in [0.1, 0.15) is 12.4 Å². The molecule has 1 aromatic carbocycles. The van der Waals surface area contributed by atoms with Crippen LogP contribution in [0.25, 0.3) is 0 Å². The molecule has 0 amide bonds. The van der Waals surface area contributed by atoms with Gasteiger partial charge in [-0.3, -0.25) is 0 Å². The van der Waals surface area contributed by atoms with E-state index in [0.29, 0.717) is 18.4 Å². The highest BCUT2D eigenvalue weighted by Crippen LogP contribution is 2.28. The van der Waals surface area contributed by atoms with Crippen LogP contribution in [0.5, 0.6) is 5.75 Å². The molecule has 0 spiro atoms. The normalized spacial score (nSPS) is 14.5. The fraction of sp³-hybridized carbons (Fsp3) is 0.400. The van der Waals surface area contributed by atoms with Gasteiger partial charge in [-0.05, 0) is 31.9 Å². The molecule has 0 radical (unpaired) electrons. The highest BCUT2D eigenvalue weighted by atomic mass is 35.5. The van der Waals surface area contributed by atoms with Crippen LogP contribution >= 0.6 is 11.6 Å². The van der Waals surface area contributed by atoms with Gasteiger partial charge in [0.15, 0.2) is 5.76 Å². The lowest BCUT2D eigenvalue weighted by atomic mass is 10.2. The van der Waals surface area contributed by atoms with E-state index in [1.165, 1.54) is 12.8 Å². The Morgan fingerprint density at radius 1 is 1.45 bits per heavy atom. The number of aryl methyl sites for hydroxylation is 1. The number of benzene rings is 1. The number of nitrogens with one attached hydrogen (secondary N) is 1. The van der Waals surface area contributed by atoms with Crippen LogP contribution < -0.4 is 10.1 Å². The van der Waals surface area contributed by atoms with Gasteiger partial charge < -0.3 is 14.6 Å². The molecule has 1 N–H and O–H groups in total. The highest BCUT2D eigenvalue weighted by Gasteiger charge is 2.21. The Kier molecular flexibility index (Phi) is 3.94. The fourth-order valence-electron chi connectivity index (χ4n) is 2.01. The number of hydrogen-bond donors (Lipinski definition) is 1. The minimum absolute atomic E-state index is 0.359. The van der Waals surface area contributed by atoms with E-state index in [1.807, 2.05) is 31.2 Å². The molecule has 3 rings (SSSR count). The van der Waals surface area contributed by atoms with Crippen LogP contribution in [0.1, 0.15) is 29.9 Å². The van der Waals surface area contributed by atoms with E-state index in [1.54, 1.807) is 0 Å². The zero-order valence-corrected chi connectivity index (χ0v) is 12.1. The van der Waals surface area contributed by atoms with Gasteiger partial charge in [-0.25, -0.2) is 0 Å². The highest BCUT2D eigenvalue weighted by molar-refractivity contribution is 6.31. The summed E-state index contributed by atoms with van der Waals surface area (Å²) in [5.74, 6) is 1.50. The van der Waals surface area contributed by atoms with Gasteiger partial charge in [0.05, 0.1) is 5.69 Å². The van der Waals surface area contributed by atoms with E-state index in [-0.39, 0.29) is 0 Å². The molecule has 0 unspecified atom stereocenters. The SMILES string of the molecule is Cc1cc(COc2cccc(Cl)c2CNC2CC2)on1. The number of rotatable bonds is 6. The average Bonchev–Trinajstić information content (AvgIpc) is 3.17. The van der Waals surface area contributed by atoms with E-state index in [0.717, 1.165) is 28.6 Å². The average molecular weight is 293 g/mol. The summed E-state index contributed by atoms with van der Waals surface area (Å²) in [5.41, 5.74) is 1.85. The molecular formula is C15H17ClN2O2. The summed E-state index contributed by atoms with van der Waals surface area (Å²) >= 11 is 6.26. The van der Waals surface area contributed by atoms with Crippen molar-refractivity contribution in [3.05, 3.63) is 46.3 Å². The maximum atomic E-state index is 6.26. The second-order valence-electron chi connectivity index (χ2n) is 5.09. The molecule has 0 aliphatic heterocycles. The van der Waals surface area contributed by atoms with Gasteiger partial charge in [0.25, 0.3) is 0 Å². The van der Waals surface area contributed by atoms with Crippen molar-refractivity contribution in [3.8, 4) is 5.75 Å². The molecule has 1 fully saturated rings. The van der Waals surface area contributed by atoms with Crippen molar-refractivity contribution < 1.29 is 9.26 Å². The van der Waals surface area contributed by atoms with Gasteiger partial charge in [-0.1, -0.05) is 22.8 Å². The summed E-state index contributed by atoms with van der Waals surface area (Å²) in [6.45, 7) is 2.98. The van der Waals surface area contributed by atoms with Crippen molar-refractivity contribution in [1.82, 2.24) is 10.5 Å². The first-order chi connectivity index (χ1) is 9.72. The molecule has 0 saturated heterocycles. The van der Waals surface area contributed by atoms with E-state index in [9.17, 15) is 0 Å². The lowest BCUT2D eigenvalue weighted by Crippen LogP contribution is -2.16. The number of hydrogen-bond acceptors (Lipinski definition) is 4. The van der Waals surface area contributed by atoms with Crippen molar-refractivity contribution >= 4 is 11.6 Å². The Balaban J connectivity index is 1.68. The Hall–Kier alpha value is -1.52. The number of aromatic nitrogens is 1. The fourth-order valence-corrected chi connectivity index (χ4v) is 2.25. The first kappa shape index (κ1) is 13.5. The standard InChI is InChI=1S/C15H17ClN2O2/c1-10-7-12(20-18-10)9-19-15-4-2-3-14(16)13(15)8-17-11-5-6-11/h2-4,7,11,17H,5-6,8-9H2,1H3. The van der Waals surface area contributed by atoms with Gasteiger partial charge in [0, 0.05) is 29.2 Å². The van der Waals surface area contributed by atoms with Gasteiger partial charge >= 0.3 is 0 Å². The lowest BCUT2D eigenvalue weighted by Gasteiger charge is -2.12. The lowest BCUT2D eigenvalue weighted by molar-refractivity contribution is 0.246. The first-order valence-corrected chi connectivity index (χ1v) is 7.16. The van der Waals surface area contributed by atoms with Crippen LogP contribution in [0.3, 0.4) is 0 Å². The van der Waals surface area contributed by atoms with Gasteiger partial charge in [-0.2, -0.15) is 0 Å². The van der Waals surface area contributed by atoms with Crippen LogP contribution in [0.15, 0.2) is 28.8 Å². The minimum atomic E-state index is 0.359. The third-order valence-electron chi connectivity index (χ3n) is 3.27. The molecule has 1 aliphatic carbocycles. The summed E-state index contributed by atoms with van der Waals surface area (Å²) in [7, 11) is 0. The molecule has 1 aliphatic rings. The van der Waals surface area contributed by atoms with E-state index >= 15 is 0 Å². The van der Waals surface area contributed by atoms with Crippen molar-refractivity contribution in [2.75, 3.05) is 0 Å². The summed E-state index contributed by atoms with van der Waals surface area (Å²) in [6, 6.07) is 8.21. The van der Waals surface area contributed by atoms with Gasteiger partial charge in [-0.15, -0.1) is 0 Å². The molecule has 106 valence electrons. The molecule has 1 aromatic heterocycles. The zero-order valence-electron chi connectivity index (χ0n) is 11.4. The maximum absolute atomic E-state index is 6.26. The monoisotopic (exact) mass is 292 g/mol. The Morgan fingerprint density at radius 3 is 3.00 bits per heavy atom. The van der Waals surface area contributed by atoms with Crippen LogP contribution in [0.2, 0.25) is 5.02 Å². The van der Waals surface area contributed by atoms with E-state index < -0.39 is 0 Å². The molecule has 20 heavy (non-hydrogen) atoms. The van der Waals surface area contributed by atoms with Crippen LogP contribution in [0.4, 0.5) is 0 Å². The predicted octanol–water partition coefficient (Wildman–Crippen LogP) is 3.47. The van der Waals surface area contributed by atoms with Crippen LogP contribution in [-0.2, 0) is 13.2 Å². The van der Waals surface area contributed by atoms with Crippen LogP contribution in [-0.4, -0.2) is 11.2 Å². The number of nitrogens with zero attached hydrogens (tertiary/aromatic N) is 1. The van der Waals surface area contributed by atoms with E-state index in [2.05, 4.69) is 10.5 Å². The quantitative estimate of drug-likeness (QED) is 0.885. The second kappa shape index (κ2) is 5.85. The van der Waals surface area contributed by atoms with Gasteiger partial charge in [0.2, 0.25) is 0 Å².